The zero-order valence-electron chi connectivity index (χ0n) is 12.7. The SMILES string of the molecule is CC(NC(=O)c1ccco1)C(=O)NC1CCC(C(F)(F)F)CC1. The molecule has 1 aromatic rings. The first-order valence-corrected chi connectivity index (χ1v) is 7.49. The first-order chi connectivity index (χ1) is 10.8. The van der Waals surface area contributed by atoms with Crippen molar-refractivity contribution < 1.29 is 27.2 Å². The smallest absolute Gasteiger partial charge is 0.391 e. The molecule has 1 aliphatic carbocycles. The molecule has 1 heterocycles. The van der Waals surface area contributed by atoms with Gasteiger partial charge in [0.2, 0.25) is 5.91 Å². The first-order valence-electron chi connectivity index (χ1n) is 7.49. The van der Waals surface area contributed by atoms with Crippen molar-refractivity contribution in [3.63, 3.8) is 0 Å². The minimum absolute atomic E-state index is 0.0155. The van der Waals surface area contributed by atoms with Crippen molar-refractivity contribution in [1.82, 2.24) is 10.6 Å². The number of hydrogen-bond donors (Lipinski definition) is 2. The average Bonchev–Trinajstić information content (AvgIpc) is 3.01. The van der Waals surface area contributed by atoms with Crippen molar-refractivity contribution >= 4 is 11.8 Å². The summed E-state index contributed by atoms with van der Waals surface area (Å²) in [4.78, 5) is 23.8. The van der Waals surface area contributed by atoms with E-state index in [1.54, 1.807) is 6.07 Å². The van der Waals surface area contributed by atoms with E-state index in [-0.39, 0.29) is 37.5 Å². The second-order valence-corrected chi connectivity index (χ2v) is 5.77. The summed E-state index contributed by atoms with van der Waals surface area (Å²) in [5, 5.41) is 5.17. The van der Waals surface area contributed by atoms with Crippen LogP contribution in [0.25, 0.3) is 0 Å². The molecule has 2 N–H and O–H groups in total. The molecule has 23 heavy (non-hydrogen) atoms. The minimum atomic E-state index is -4.17. The average molecular weight is 332 g/mol. The van der Waals surface area contributed by atoms with Gasteiger partial charge in [-0.1, -0.05) is 0 Å². The van der Waals surface area contributed by atoms with Gasteiger partial charge >= 0.3 is 6.18 Å². The Morgan fingerprint density at radius 3 is 2.43 bits per heavy atom. The van der Waals surface area contributed by atoms with Crippen LogP contribution in [0.4, 0.5) is 13.2 Å². The Morgan fingerprint density at radius 1 is 1.26 bits per heavy atom. The van der Waals surface area contributed by atoms with Gasteiger partial charge in [-0.15, -0.1) is 0 Å². The Morgan fingerprint density at radius 2 is 1.91 bits per heavy atom. The van der Waals surface area contributed by atoms with Crippen molar-refractivity contribution in [3.8, 4) is 0 Å². The molecule has 0 saturated heterocycles. The molecule has 8 heteroatoms. The van der Waals surface area contributed by atoms with Crippen LogP contribution in [0.2, 0.25) is 0 Å². The van der Waals surface area contributed by atoms with E-state index in [1.807, 2.05) is 0 Å². The van der Waals surface area contributed by atoms with E-state index in [9.17, 15) is 22.8 Å². The maximum Gasteiger partial charge on any atom is 0.391 e. The van der Waals surface area contributed by atoms with Gasteiger partial charge in [-0.2, -0.15) is 13.2 Å². The second kappa shape index (κ2) is 7.06. The molecule has 128 valence electrons. The van der Waals surface area contributed by atoms with Crippen LogP contribution >= 0.6 is 0 Å². The molecule has 0 bridgehead atoms. The van der Waals surface area contributed by atoms with Crippen molar-refractivity contribution in [1.29, 1.82) is 0 Å². The van der Waals surface area contributed by atoms with E-state index >= 15 is 0 Å². The molecule has 0 radical (unpaired) electrons. The standard InChI is InChI=1S/C15H19F3N2O3/c1-9(19-14(22)12-3-2-8-23-12)13(21)20-11-6-4-10(5-7-11)15(16,17)18/h2-3,8-11H,4-7H2,1H3,(H,19,22)(H,20,21). The summed E-state index contributed by atoms with van der Waals surface area (Å²) in [6.45, 7) is 1.51. The number of nitrogens with one attached hydrogen (secondary N) is 2. The third-order valence-corrected chi connectivity index (χ3v) is 4.02. The van der Waals surface area contributed by atoms with E-state index in [0.29, 0.717) is 0 Å². The Kier molecular flexibility index (Phi) is 5.33. The lowest BCUT2D eigenvalue weighted by Crippen LogP contribution is -2.49. The molecule has 1 atom stereocenters. The van der Waals surface area contributed by atoms with E-state index in [2.05, 4.69) is 10.6 Å². The van der Waals surface area contributed by atoms with Crippen LogP contribution in [0.15, 0.2) is 22.8 Å². The number of alkyl halides is 3. The van der Waals surface area contributed by atoms with Gasteiger partial charge in [0.15, 0.2) is 5.76 Å². The molecule has 1 unspecified atom stereocenters. The number of amides is 2. The van der Waals surface area contributed by atoms with Gasteiger partial charge < -0.3 is 15.1 Å². The van der Waals surface area contributed by atoms with Crippen molar-refractivity contribution in [2.45, 2.75) is 50.9 Å². The predicted molar refractivity (Wildman–Crippen MR) is 75.6 cm³/mol. The van der Waals surface area contributed by atoms with Gasteiger partial charge in [0.1, 0.15) is 6.04 Å². The molecule has 0 aromatic carbocycles. The highest BCUT2D eigenvalue weighted by atomic mass is 19.4. The predicted octanol–water partition coefficient (Wildman–Crippen LogP) is 2.64. The van der Waals surface area contributed by atoms with E-state index in [0.717, 1.165) is 0 Å². The van der Waals surface area contributed by atoms with Gasteiger partial charge in [-0.25, -0.2) is 0 Å². The van der Waals surface area contributed by atoms with Crippen molar-refractivity contribution in [3.05, 3.63) is 24.2 Å². The zero-order chi connectivity index (χ0) is 17.0. The highest BCUT2D eigenvalue weighted by molar-refractivity contribution is 5.95. The minimum Gasteiger partial charge on any atom is -0.459 e. The summed E-state index contributed by atoms with van der Waals surface area (Å²) in [5.74, 6) is -2.12. The lowest BCUT2D eigenvalue weighted by molar-refractivity contribution is -0.182. The van der Waals surface area contributed by atoms with E-state index in [4.69, 9.17) is 4.42 Å². The van der Waals surface area contributed by atoms with Crippen LogP contribution in [-0.4, -0.2) is 30.1 Å². The molecule has 0 aliphatic heterocycles. The fraction of sp³-hybridized carbons (Fsp3) is 0.600. The topological polar surface area (TPSA) is 71.3 Å². The number of hydrogen-bond acceptors (Lipinski definition) is 3. The van der Waals surface area contributed by atoms with Gasteiger partial charge in [0, 0.05) is 6.04 Å². The van der Waals surface area contributed by atoms with E-state index < -0.39 is 30.0 Å². The normalized spacial score (nSPS) is 23.1. The molecular formula is C15H19F3N2O3. The maximum atomic E-state index is 12.6. The Balaban J connectivity index is 1.77. The Labute approximate surface area is 131 Å². The van der Waals surface area contributed by atoms with Gasteiger partial charge in [0.05, 0.1) is 12.2 Å². The van der Waals surface area contributed by atoms with Crippen LogP contribution in [0.1, 0.15) is 43.2 Å². The van der Waals surface area contributed by atoms with Crippen LogP contribution in [0, 0.1) is 5.92 Å². The summed E-state index contributed by atoms with van der Waals surface area (Å²) in [6, 6.07) is 1.94. The molecule has 5 nitrogen and oxygen atoms in total. The largest absolute Gasteiger partial charge is 0.459 e. The van der Waals surface area contributed by atoms with Crippen LogP contribution in [-0.2, 0) is 4.79 Å². The second-order valence-electron chi connectivity index (χ2n) is 5.77. The van der Waals surface area contributed by atoms with Gasteiger partial charge in [-0.05, 0) is 44.7 Å². The zero-order valence-corrected chi connectivity index (χ0v) is 12.7. The third-order valence-electron chi connectivity index (χ3n) is 4.02. The molecule has 1 fully saturated rings. The number of carbonyl (C=O) groups excluding carboxylic acids is 2. The molecule has 0 spiro atoms. The monoisotopic (exact) mass is 332 g/mol. The third kappa shape index (κ3) is 4.74. The molecule has 2 amide bonds. The number of furan rings is 1. The van der Waals surface area contributed by atoms with Crippen molar-refractivity contribution in [2.75, 3.05) is 0 Å². The first kappa shape index (κ1) is 17.4. The molecular weight excluding hydrogens is 313 g/mol. The van der Waals surface area contributed by atoms with Crippen LogP contribution in [0.5, 0.6) is 0 Å². The van der Waals surface area contributed by atoms with E-state index in [1.165, 1.54) is 19.3 Å². The highest BCUT2D eigenvalue weighted by Crippen LogP contribution is 2.37. The lowest BCUT2D eigenvalue weighted by Gasteiger charge is -2.30. The summed E-state index contributed by atoms with van der Waals surface area (Å²) < 4.78 is 42.7. The lowest BCUT2D eigenvalue weighted by atomic mass is 9.85. The summed E-state index contributed by atoms with van der Waals surface area (Å²) >= 11 is 0. The molecule has 1 aliphatic rings. The quantitative estimate of drug-likeness (QED) is 0.890. The summed E-state index contributed by atoms with van der Waals surface area (Å²) in [6.07, 6.45) is -2.22. The summed E-state index contributed by atoms with van der Waals surface area (Å²) in [5.41, 5.74) is 0. The molecule has 1 aromatic heterocycles. The van der Waals surface area contributed by atoms with Crippen LogP contribution < -0.4 is 10.6 Å². The van der Waals surface area contributed by atoms with Gasteiger partial charge in [-0.3, -0.25) is 9.59 Å². The number of rotatable bonds is 4. The highest BCUT2D eigenvalue weighted by Gasteiger charge is 2.41. The Bertz CT molecular complexity index is 535. The molecule has 2 rings (SSSR count). The number of carbonyl (C=O) groups is 2. The Hall–Kier alpha value is -1.99. The fourth-order valence-electron chi connectivity index (χ4n) is 2.63. The molecule has 1 saturated carbocycles. The van der Waals surface area contributed by atoms with Crippen LogP contribution in [0.3, 0.4) is 0 Å². The fourth-order valence-corrected chi connectivity index (χ4v) is 2.63. The van der Waals surface area contributed by atoms with Crippen molar-refractivity contribution in [2.24, 2.45) is 5.92 Å². The number of halogens is 3. The summed E-state index contributed by atoms with van der Waals surface area (Å²) in [7, 11) is 0. The maximum absolute atomic E-state index is 12.6. The van der Waals surface area contributed by atoms with Gasteiger partial charge in [0.25, 0.3) is 5.91 Å².